The molecule has 6 nitrogen and oxygen atoms in total. The van der Waals surface area contributed by atoms with Gasteiger partial charge in [-0.25, -0.2) is 9.78 Å². The summed E-state index contributed by atoms with van der Waals surface area (Å²) in [7, 11) is 1.32. The first-order valence-electron chi connectivity index (χ1n) is 9.29. The fraction of sp³-hybridized carbons (Fsp3) is 0.0870. The number of para-hydroxylation sites is 2. The summed E-state index contributed by atoms with van der Waals surface area (Å²) in [5, 5.41) is 3.66. The third-order valence-corrected chi connectivity index (χ3v) is 5.46. The number of carbonyl (C=O) groups excluding carboxylic acids is 2. The number of esters is 1. The number of rotatable bonds is 6. The van der Waals surface area contributed by atoms with Crippen LogP contribution >= 0.6 is 11.8 Å². The molecule has 0 radical (unpaired) electrons. The van der Waals surface area contributed by atoms with Gasteiger partial charge in [0.25, 0.3) is 5.91 Å². The van der Waals surface area contributed by atoms with Crippen LogP contribution < -0.4 is 5.32 Å². The Labute approximate surface area is 177 Å². The molecule has 0 spiro atoms. The average Bonchev–Trinajstić information content (AvgIpc) is 3.20. The fourth-order valence-corrected chi connectivity index (χ4v) is 3.94. The Balaban J connectivity index is 1.49. The van der Waals surface area contributed by atoms with Gasteiger partial charge in [0.15, 0.2) is 5.16 Å². The minimum atomic E-state index is -0.450. The first-order chi connectivity index (χ1) is 14.6. The van der Waals surface area contributed by atoms with Crippen molar-refractivity contribution in [3.8, 4) is 0 Å². The van der Waals surface area contributed by atoms with Crippen molar-refractivity contribution >= 4 is 40.4 Å². The Morgan fingerprint density at radius 3 is 2.67 bits per heavy atom. The molecular formula is C23H19N3O3S. The number of amides is 1. The van der Waals surface area contributed by atoms with Crippen molar-refractivity contribution in [2.24, 2.45) is 0 Å². The van der Waals surface area contributed by atoms with E-state index in [1.54, 1.807) is 30.3 Å². The highest BCUT2D eigenvalue weighted by Crippen LogP contribution is 2.25. The number of aromatic nitrogens is 2. The van der Waals surface area contributed by atoms with Crippen molar-refractivity contribution in [2.45, 2.75) is 10.9 Å². The number of carbonyl (C=O) groups is 2. The molecule has 0 saturated carbocycles. The van der Waals surface area contributed by atoms with Gasteiger partial charge in [0.05, 0.1) is 23.7 Å². The van der Waals surface area contributed by atoms with Gasteiger partial charge in [-0.1, -0.05) is 48.2 Å². The third kappa shape index (κ3) is 4.36. The zero-order chi connectivity index (χ0) is 20.9. The highest BCUT2D eigenvalue weighted by molar-refractivity contribution is 7.98. The molecule has 0 atom stereocenters. The van der Waals surface area contributed by atoms with Crippen molar-refractivity contribution in [1.29, 1.82) is 0 Å². The zero-order valence-corrected chi connectivity index (χ0v) is 17.0. The van der Waals surface area contributed by atoms with Gasteiger partial charge in [-0.2, -0.15) is 0 Å². The van der Waals surface area contributed by atoms with E-state index in [-0.39, 0.29) is 5.91 Å². The van der Waals surface area contributed by atoms with Gasteiger partial charge in [-0.15, -0.1) is 0 Å². The molecule has 0 aliphatic heterocycles. The van der Waals surface area contributed by atoms with Crippen LogP contribution in [0.4, 0.5) is 5.69 Å². The maximum Gasteiger partial charge on any atom is 0.337 e. The maximum atomic E-state index is 12.9. The highest BCUT2D eigenvalue weighted by atomic mass is 32.2. The lowest BCUT2D eigenvalue weighted by atomic mass is 10.1. The van der Waals surface area contributed by atoms with E-state index >= 15 is 0 Å². The van der Waals surface area contributed by atoms with Crippen LogP contribution in [0.2, 0.25) is 0 Å². The average molecular weight is 417 g/mol. The number of ether oxygens (including phenoxy) is 1. The first kappa shape index (κ1) is 19.7. The van der Waals surface area contributed by atoms with E-state index < -0.39 is 5.97 Å². The van der Waals surface area contributed by atoms with Gasteiger partial charge in [0, 0.05) is 17.0 Å². The predicted octanol–water partition coefficient (Wildman–Crippen LogP) is 4.89. The summed E-state index contributed by atoms with van der Waals surface area (Å²) >= 11 is 1.54. The van der Waals surface area contributed by atoms with E-state index in [0.29, 0.717) is 22.6 Å². The van der Waals surface area contributed by atoms with Crippen LogP contribution in [0, 0.1) is 0 Å². The lowest BCUT2D eigenvalue weighted by molar-refractivity contribution is 0.0600. The fourth-order valence-electron chi connectivity index (χ4n) is 3.05. The topological polar surface area (TPSA) is 84.1 Å². The van der Waals surface area contributed by atoms with Crippen LogP contribution in [0.3, 0.4) is 0 Å². The molecule has 1 heterocycles. The van der Waals surface area contributed by atoms with E-state index in [1.165, 1.54) is 18.9 Å². The van der Waals surface area contributed by atoms with Gasteiger partial charge in [0.1, 0.15) is 0 Å². The van der Waals surface area contributed by atoms with Crippen LogP contribution in [0.15, 0.2) is 78.0 Å². The normalized spacial score (nSPS) is 10.7. The Morgan fingerprint density at radius 2 is 1.83 bits per heavy atom. The molecule has 0 unspecified atom stereocenters. The van der Waals surface area contributed by atoms with Crippen LogP contribution in [-0.4, -0.2) is 29.0 Å². The molecule has 0 aliphatic rings. The van der Waals surface area contributed by atoms with Gasteiger partial charge in [-0.3, -0.25) is 4.79 Å². The van der Waals surface area contributed by atoms with Crippen molar-refractivity contribution in [3.05, 3.63) is 89.5 Å². The SMILES string of the molecule is COC(=O)c1cccc(NC(=O)c2ccccc2CSc2nc3ccccc3[nH]2)c1. The van der Waals surface area contributed by atoms with Crippen LogP contribution in [-0.2, 0) is 10.5 Å². The molecule has 7 heteroatoms. The van der Waals surface area contributed by atoms with Gasteiger partial charge >= 0.3 is 5.97 Å². The molecule has 2 N–H and O–H groups in total. The molecule has 150 valence electrons. The van der Waals surface area contributed by atoms with E-state index in [9.17, 15) is 9.59 Å². The number of aromatic amines is 1. The van der Waals surface area contributed by atoms with Crippen molar-refractivity contribution in [2.75, 3.05) is 12.4 Å². The molecule has 3 aromatic carbocycles. The summed E-state index contributed by atoms with van der Waals surface area (Å²) in [6.45, 7) is 0. The lowest BCUT2D eigenvalue weighted by Gasteiger charge is -2.10. The standard InChI is InChI=1S/C23H19N3O3S/c1-29-22(28)15-8-6-9-17(13-15)24-21(27)18-10-3-2-7-16(18)14-30-23-25-19-11-4-5-12-20(19)26-23/h2-13H,14H2,1H3,(H,24,27)(H,25,26). The largest absolute Gasteiger partial charge is 0.465 e. The number of anilines is 1. The number of fused-ring (bicyclic) bond motifs is 1. The van der Waals surface area contributed by atoms with Gasteiger partial charge < -0.3 is 15.0 Å². The minimum absolute atomic E-state index is 0.238. The van der Waals surface area contributed by atoms with Gasteiger partial charge in [-0.05, 0) is 42.0 Å². The Kier molecular flexibility index (Phi) is 5.81. The Hall–Kier alpha value is -3.58. The summed E-state index contributed by atoms with van der Waals surface area (Å²) in [5.41, 5.74) is 4.27. The summed E-state index contributed by atoms with van der Waals surface area (Å²) in [6.07, 6.45) is 0. The number of nitrogens with one attached hydrogen (secondary N) is 2. The highest BCUT2D eigenvalue weighted by Gasteiger charge is 2.14. The second-order valence-electron chi connectivity index (χ2n) is 6.53. The molecule has 1 amide bonds. The minimum Gasteiger partial charge on any atom is -0.465 e. The van der Waals surface area contributed by atoms with Crippen LogP contribution in [0.25, 0.3) is 11.0 Å². The van der Waals surface area contributed by atoms with Crippen molar-refractivity contribution < 1.29 is 14.3 Å². The number of H-pyrrole nitrogens is 1. The number of hydrogen-bond acceptors (Lipinski definition) is 5. The molecule has 0 fully saturated rings. The Morgan fingerprint density at radius 1 is 1.03 bits per heavy atom. The second kappa shape index (κ2) is 8.84. The van der Waals surface area contributed by atoms with Gasteiger partial charge in [0.2, 0.25) is 0 Å². The third-order valence-electron chi connectivity index (χ3n) is 4.54. The van der Waals surface area contributed by atoms with E-state index in [0.717, 1.165) is 21.8 Å². The van der Waals surface area contributed by atoms with Crippen LogP contribution in [0.1, 0.15) is 26.3 Å². The second-order valence-corrected chi connectivity index (χ2v) is 7.50. The summed E-state index contributed by atoms with van der Waals surface area (Å²) < 4.78 is 4.73. The molecule has 0 bridgehead atoms. The first-order valence-corrected chi connectivity index (χ1v) is 10.3. The number of imidazole rings is 1. The smallest absolute Gasteiger partial charge is 0.337 e. The molecule has 4 rings (SSSR count). The lowest BCUT2D eigenvalue weighted by Crippen LogP contribution is -2.14. The number of thioether (sulfide) groups is 1. The number of hydrogen-bond donors (Lipinski definition) is 2. The molecular weight excluding hydrogens is 398 g/mol. The van der Waals surface area contributed by atoms with E-state index in [4.69, 9.17) is 4.74 Å². The van der Waals surface area contributed by atoms with E-state index in [2.05, 4.69) is 15.3 Å². The quantitative estimate of drug-likeness (QED) is 0.345. The predicted molar refractivity (Wildman–Crippen MR) is 118 cm³/mol. The number of methoxy groups -OCH3 is 1. The van der Waals surface area contributed by atoms with Crippen LogP contribution in [0.5, 0.6) is 0 Å². The number of nitrogens with zero attached hydrogens (tertiary/aromatic N) is 1. The van der Waals surface area contributed by atoms with Crippen molar-refractivity contribution in [1.82, 2.24) is 9.97 Å². The monoisotopic (exact) mass is 417 g/mol. The molecule has 1 aromatic heterocycles. The zero-order valence-electron chi connectivity index (χ0n) is 16.2. The molecule has 0 saturated heterocycles. The summed E-state index contributed by atoms with van der Waals surface area (Å²) in [6, 6.07) is 22.0. The maximum absolute atomic E-state index is 12.9. The number of benzene rings is 3. The summed E-state index contributed by atoms with van der Waals surface area (Å²) in [4.78, 5) is 32.4. The molecule has 4 aromatic rings. The molecule has 30 heavy (non-hydrogen) atoms. The Bertz CT molecular complexity index is 1190. The van der Waals surface area contributed by atoms with E-state index in [1.807, 2.05) is 42.5 Å². The molecule has 0 aliphatic carbocycles. The van der Waals surface area contributed by atoms with Crippen molar-refractivity contribution in [3.63, 3.8) is 0 Å². The summed E-state index contributed by atoms with van der Waals surface area (Å²) in [5.74, 6) is -0.0995.